The molecule has 1 amide bonds. The molecule has 0 radical (unpaired) electrons. The summed E-state index contributed by atoms with van der Waals surface area (Å²) < 4.78 is 0. The van der Waals surface area contributed by atoms with Crippen LogP contribution in [-0.4, -0.2) is 12.5 Å². The molecule has 1 aliphatic rings. The maximum Gasteiger partial charge on any atom is 0.253 e. The normalized spacial score (nSPS) is 22.3. The zero-order valence-corrected chi connectivity index (χ0v) is 11.8. The quantitative estimate of drug-likeness (QED) is 0.587. The molecule has 0 aromatic heterocycles. The molecule has 2 atom stereocenters. The number of benzene rings is 1. The third-order valence-electron chi connectivity index (χ3n) is 3.95. The van der Waals surface area contributed by atoms with E-state index in [1.165, 1.54) is 19.3 Å². The van der Waals surface area contributed by atoms with Crippen molar-refractivity contribution in [3.05, 3.63) is 28.8 Å². The van der Waals surface area contributed by atoms with Crippen LogP contribution in [0.25, 0.3) is 0 Å². The Morgan fingerprint density at radius 2 is 2.26 bits per heavy atom. The highest BCUT2D eigenvalue weighted by molar-refractivity contribution is 6.31. The number of carbonyl (C=O) groups is 1. The molecule has 0 saturated heterocycles. The van der Waals surface area contributed by atoms with Crippen molar-refractivity contribution >= 4 is 23.2 Å². The first-order valence-electron chi connectivity index (χ1n) is 6.66. The lowest BCUT2D eigenvalue weighted by Gasteiger charge is -2.16. The Balaban J connectivity index is 2.01. The predicted molar refractivity (Wildman–Crippen MR) is 78.1 cm³/mol. The van der Waals surface area contributed by atoms with E-state index >= 15 is 0 Å². The van der Waals surface area contributed by atoms with Gasteiger partial charge in [-0.25, -0.2) is 0 Å². The summed E-state index contributed by atoms with van der Waals surface area (Å²) in [6, 6.07) is 5.03. The molecule has 0 bridgehead atoms. The number of hydrogen-bond acceptors (Lipinski definition) is 3. The van der Waals surface area contributed by atoms with Crippen LogP contribution in [0.2, 0.25) is 5.02 Å². The smallest absolute Gasteiger partial charge is 0.253 e. The Labute approximate surface area is 118 Å². The number of nitrogens with two attached hydrogens (primary N) is 1. The Hall–Kier alpha value is -1.26. The van der Waals surface area contributed by atoms with Crippen molar-refractivity contribution in [2.75, 3.05) is 12.0 Å². The Morgan fingerprint density at radius 1 is 1.47 bits per heavy atom. The summed E-state index contributed by atoms with van der Waals surface area (Å²) in [5.41, 5.74) is 3.59. The van der Waals surface area contributed by atoms with E-state index in [0.717, 1.165) is 6.54 Å². The number of anilines is 1. The molecule has 19 heavy (non-hydrogen) atoms. The van der Waals surface area contributed by atoms with E-state index < -0.39 is 0 Å². The molecule has 5 heteroatoms. The van der Waals surface area contributed by atoms with Crippen LogP contribution in [0.1, 0.15) is 36.5 Å². The number of amides is 1. The summed E-state index contributed by atoms with van der Waals surface area (Å²) in [6.07, 6.45) is 3.71. The van der Waals surface area contributed by atoms with Crippen molar-refractivity contribution in [3.63, 3.8) is 0 Å². The van der Waals surface area contributed by atoms with Gasteiger partial charge in [-0.05, 0) is 36.5 Å². The SMILES string of the molecule is CC1CCCC1CNC(=O)c1cc(Cl)ccc1NN. The number of rotatable bonds is 4. The Bertz CT molecular complexity index is 464. The van der Waals surface area contributed by atoms with Gasteiger partial charge in [-0.15, -0.1) is 0 Å². The molecule has 4 nitrogen and oxygen atoms in total. The summed E-state index contributed by atoms with van der Waals surface area (Å²) in [5, 5.41) is 3.51. The van der Waals surface area contributed by atoms with E-state index in [0.29, 0.717) is 28.1 Å². The van der Waals surface area contributed by atoms with E-state index in [9.17, 15) is 4.79 Å². The fourth-order valence-electron chi connectivity index (χ4n) is 2.67. The standard InChI is InChI=1S/C14H20ClN3O/c1-9-3-2-4-10(9)8-17-14(19)12-7-11(15)5-6-13(12)18-16/h5-7,9-10,18H,2-4,8,16H2,1H3,(H,17,19). The lowest BCUT2D eigenvalue weighted by Crippen LogP contribution is -2.31. The van der Waals surface area contributed by atoms with E-state index in [2.05, 4.69) is 17.7 Å². The van der Waals surface area contributed by atoms with Crippen LogP contribution in [0.15, 0.2) is 18.2 Å². The number of hydrogen-bond donors (Lipinski definition) is 3. The minimum Gasteiger partial charge on any atom is -0.352 e. The number of nitrogens with one attached hydrogen (secondary N) is 2. The molecule has 4 N–H and O–H groups in total. The van der Waals surface area contributed by atoms with E-state index in [1.807, 2.05) is 0 Å². The molecule has 1 aromatic carbocycles. The van der Waals surface area contributed by atoms with Crippen molar-refractivity contribution in [1.29, 1.82) is 0 Å². The van der Waals surface area contributed by atoms with E-state index in [-0.39, 0.29) is 5.91 Å². The van der Waals surface area contributed by atoms with E-state index in [1.54, 1.807) is 18.2 Å². The molecule has 1 saturated carbocycles. The van der Waals surface area contributed by atoms with E-state index in [4.69, 9.17) is 17.4 Å². The van der Waals surface area contributed by atoms with Gasteiger partial charge >= 0.3 is 0 Å². The largest absolute Gasteiger partial charge is 0.352 e. The minimum atomic E-state index is -0.130. The first-order valence-corrected chi connectivity index (χ1v) is 7.04. The van der Waals surface area contributed by atoms with Gasteiger partial charge in [-0.3, -0.25) is 10.6 Å². The summed E-state index contributed by atoms with van der Waals surface area (Å²) in [7, 11) is 0. The van der Waals surface area contributed by atoms with Crippen molar-refractivity contribution < 1.29 is 4.79 Å². The minimum absolute atomic E-state index is 0.130. The fraction of sp³-hybridized carbons (Fsp3) is 0.500. The van der Waals surface area contributed by atoms with Crippen LogP contribution in [0.3, 0.4) is 0 Å². The van der Waals surface area contributed by atoms with Gasteiger partial charge < -0.3 is 10.7 Å². The second-order valence-electron chi connectivity index (χ2n) is 5.21. The van der Waals surface area contributed by atoms with Crippen LogP contribution < -0.4 is 16.6 Å². The maximum absolute atomic E-state index is 12.2. The molecule has 0 heterocycles. The van der Waals surface area contributed by atoms with Gasteiger partial charge in [-0.2, -0.15) is 0 Å². The Morgan fingerprint density at radius 3 is 2.89 bits per heavy atom. The highest BCUT2D eigenvalue weighted by Crippen LogP contribution is 2.30. The molecule has 0 spiro atoms. The summed E-state index contributed by atoms with van der Waals surface area (Å²) in [5.74, 6) is 6.54. The van der Waals surface area contributed by atoms with Gasteiger partial charge in [0.2, 0.25) is 0 Å². The van der Waals surface area contributed by atoms with Crippen LogP contribution in [0.5, 0.6) is 0 Å². The zero-order valence-electron chi connectivity index (χ0n) is 11.1. The molecule has 0 aliphatic heterocycles. The third kappa shape index (κ3) is 3.39. The average Bonchev–Trinajstić information content (AvgIpc) is 2.81. The highest BCUT2D eigenvalue weighted by atomic mass is 35.5. The molecule has 1 aromatic rings. The van der Waals surface area contributed by atoms with Gasteiger partial charge in [0.05, 0.1) is 11.3 Å². The van der Waals surface area contributed by atoms with Crippen molar-refractivity contribution in [1.82, 2.24) is 5.32 Å². The number of hydrazine groups is 1. The van der Waals surface area contributed by atoms with Gasteiger partial charge in [-0.1, -0.05) is 31.4 Å². The fourth-order valence-corrected chi connectivity index (χ4v) is 2.85. The van der Waals surface area contributed by atoms with Gasteiger partial charge in [0.1, 0.15) is 0 Å². The summed E-state index contributed by atoms with van der Waals surface area (Å²) in [4.78, 5) is 12.2. The predicted octanol–water partition coefficient (Wildman–Crippen LogP) is 2.79. The molecule has 2 rings (SSSR count). The van der Waals surface area contributed by atoms with Crippen molar-refractivity contribution in [3.8, 4) is 0 Å². The second kappa shape index (κ2) is 6.26. The topological polar surface area (TPSA) is 67.2 Å². The molecule has 2 unspecified atom stereocenters. The molecular formula is C14H20ClN3O. The van der Waals surface area contributed by atoms with Gasteiger partial charge in [0.25, 0.3) is 5.91 Å². The molecule has 1 fully saturated rings. The summed E-state index contributed by atoms with van der Waals surface area (Å²) >= 11 is 5.92. The average molecular weight is 282 g/mol. The van der Waals surface area contributed by atoms with Crippen molar-refractivity contribution in [2.45, 2.75) is 26.2 Å². The van der Waals surface area contributed by atoms with Gasteiger partial charge in [0, 0.05) is 11.6 Å². The first kappa shape index (κ1) is 14.2. The summed E-state index contributed by atoms with van der Waals surface area (Å²) in [6.45, 7) is 2.96. The highest BCUT2D eigenvalue weighted by Gasteiger charge is 2.24. The van der Waals surface area contributed by atoms with Gasteiger partial charge in [0.15, 0.2) is 0 Å². The lowest BCUT2D eigenvalue weighted by molar-refractivity contribution is 0.0945. The maximum atomic E-state index is 12.2. The number of halogens is 1. The van der Waals surface area contributed by atoms with Crippen LogP contribution in [0.4, 0.5) is 5.69 Å². The zero-order chi connectivity index (χ0) is 13.8. The molecule has 104 valence electrons. The van der Waals surface area contributed by atoms with Crippen LogP contribution in [0, 0.1) is 11.8 Å². The third-order valence-corrected chi connectivity index (χ3v) is 4.18. The Kier molecular flexibility index (Phi) is 4.66. The molecular weight excluding hydrogens is 262 g/mol. The number of carbonyl (C=O) groups excluding carboxylic acids is 1. The lowest BCUT2D eigenvalue weighted by atomic mass is 9.98. The van der Waals surface area contributed by atoms with Crippen molar-refractivity contribution in [2.24, 2.45) is 17.7 Å². The van der Waals surface area contributed by atoms with Crippen LogP contribution >= 0.6 is 11.6 Å². The number of nitrogen functional groups attached to an aromatic ring is 1. The van der Waals surface area contributed by atoms with Crippen LogP contribution in [-0.2, 0) is 0 Å². The first-order chi connectivity index (χ1) is 9.11. The molecule has 1 aliphatic carbocycles. The monoisotopic (exact) mass is 281 g/mol. The second-order valence-corrected chi connectivity index (χ2v) is 5.65.